The van der Waals surface area contributed by atoms with Crippen LogP contribution < -0.4 is 5.32 Å². The Morgan fingerprint density at radius 2 is 1.86 bits per heavy atom. The van der Waals surface area contributed by atoms with E-state index in [1.54, 1.807) is 12.1 Å². The van der Waals surface area contributed by atoms with Crippen LogP contribution in [-0.4, -0.2) is 5.91 Å². The first kappa shape index (κ1) is 14.7. The lowest BCUT2D eigenvalue weighted by molar-refractivity contribution is -0.116. The molecule has 0 saturated heterocycles. The summed E-state index contributed by atoms with van der Waals surface area (Å²) >= 11 is 18.7. The van der Waals surface area contributed by atoms with Gasteiger partial charge in [-0.05, 0) is 41.3 Å². The number of anilines is 1. The van der Waals surface area contributed by atoms with Crippen LogP contribution in [0, 0.1) is 0 Å². The zero-order chi connectivity index (χ0) is 15.0. The number of rotatable bonds is 2. The second kappa shape index (κ2) is 5.88. The van der Waals surface area contributed by atoms with Crippen molar-refractivity contribution >= 4 is 46.4 Å². The van der Waals surface area contributed by atoms with E-state index in [-0.39, 0.29) is 11.3 Å². The molecular formula is C16H12Cl3NO. The van der Waals surface area contributed by atoms with Crippen LogP contribution in [0.3, 0.4) is 0 Å². The maximum atomic E-state index is 11.4. The van der Waals surface area contributed by atoms with Crippen molar-refractivity contribution in [1.29, 1.82) is 0 Å². The van der Waals surface area contributed by atoms with Crippen LogP contribution >= 0.6 is 34.8 Å². The van der Waals surface area contributed by atoms with Crippen molar-refractivity contribution in [3.05, 3.63) is 63.1 Å². The van der Waals surface area contributed by atoms with E-state index in [9.17, 15) is 4.79 Å². The summed E-state index contributed by atoms with van der Waals surface area (Å²) in [5.41, 5.74) is 3.74. The first-order valence-electron chi connectivity index (χ1n) is 6.56. The minimum atomic E-state index is -0.349. The minimum absolute atomic E-state index is 0.0541. The molecule has 108 valence electrons. The maximum Gasteiger partial charge on any atom is 0.224 e. The fourth-order valence-corrected chi connectivity index (χ4v) is 3.35. The van der Waals surface area contributed by atoms with E-state index in [2.05, 4.69) is 5.32 Å². The number of carbonyl (C=O) groups excluding carboxylic acids is 1. The van der Waals surface area contributed by atoms with Crippen molar-refractivity contribution in [3.8, 4) is 0 Å². The van der Waals surface area contributed by atoms with E-state index in [1.165, 1.54) is 0 Å². The van der Waals surface area contributed by atoms with Crippen LogP contribution in [0.5, 0.6) is 0 Å². The number of halogens is 3. The van der Waals surface area contributed by atoms with Gasteiger partial charge in [-0.3, -0.25) is 4.79 Å². The molecule has 1 heterocycles. The summed E-state index contributed by atoms with van der Waals surface area (Å²) < 4.78 is 0. The largest absolute Gasteiger partial charge is 0.326 e. The van der Waals surface area contributed by atoms with E-state index in [0.29, 0.717) is 16.5 Å². The summed E-state index contributed by atoms with van der Waals surface area (Å²) in [4.78, 5) is 11.4. The fourth-order valence-electron chi connectivity index (χ4n) is 2.45. The van der Waals surface area contributed by atoms with E-state index >= 15 is 0 Å². The molecule has 1 unspecified atom stereocenters. The van der Waals surface area contributed by atoms with Crippen LogP contribution in [0.25, 0.3) is 0 Å². The number of aryl methyl sites for hydroxylation is 1. The quantitative estimate of drug-likeness (QED) is 0.747. The van der Waals surface area contributed by atoms with Gasteiger partial charge < -0.3 is 5.32 Å². The third kappa shape index (κ3) is 3.03. The summed E-state index contributed by atoms with van der Waals surface area (Å²) in [5, 5.41) is 3.64. The zero-order valence-electron chi connectivity index (χ0n) is 11.0. The molecule has 0 radical (unpaired) electrons. The summed E-state index contributed by atoms with van der Waals surface area (Å²) in [5.74, 6) is 0.0541. The van der Waals surface area contributed by atoms with E-state index in [1.807, 2.05) is 24.3 Å². The number of hydrogen-bond acceptors (Lipinski definition) is 1. The number of alkyl halides is 1. The van der Waals surface area contributed by atoms with Crippen LogP contribution in [0.1, 0.15) is 28.5 Å². The van der Waals surface area contributed by atoms with Gasteiger partial charge in [0.25, 0.3) is 0 Å². The molecule has 0 spiro atoms. The molecule has 1 atom stereocenters. The Morgan fingerprint density at radius 1 is 1.05 bits per heavy atom. The molecule has 2 aromatic carbocycles. The number of hydrogen-bond donors (Lipinski definition) is 1. The molecule has 1 aliphatic heterocycles. The zero-order valence-corrected chi connectivity index (χ0v) is 13.3. The van der Waals surface area contributed by atoms with Gasteiger partial charge in [-0.15, -0.1) is 11.6 Å². The lowest BCUT2D eigenvalue weighted by atomic mass is 9.97. The molecule has 0 aromatic heterocycles. The molecule has 5 heteroatoms. The van der Waals surface area contributed by atoms with E-state index < -0.39 is 0 Å². The highest BCUT2D eigenvalue weighted by atomic mass is 35.5. The smallest absolute Gasteiger partial charge is 0.224 e. The van der Waals surface area contributed by atoms with Crippen molar-refractivity contribution in [1.82, 2.24) is 0 Å². The van der Waals surface area contributed by atoms with Gasteiger partial charge in [-0.1, -0.05) is 41.4 Å². The van der Waals surface area contributed by atoms with E-state index in [0.717, 1.165) is 28.8 Å². The highest BCUT2D eigenvalue weighted by Gasteiger charge is 2.19. The fraction of sp³-hybridized carbons (Fsp3) is 0.188. The summed E-state index contributed by atoms with van der Waals surface area (Å²) in [7, 11) is 0. The molecule has 2 aromatic rings. The van der Waals surface area contributed by atoms with Crippen LogP contribution in [0.4, 0.5) is 5.69 Å². The lowest BCUT2D eigenvalue weighted by Crippen LogP contribution is -2.19. The average Bonchev–Trinajstić information content (AvgIpc) is 2.46. The molecule has 21 heavy (non-hydrogen) atoms. The molecule has 0 aliphatic carbocycles. The normalized spacial score (nSPS) is 15.3. The standard InChI is InChI=1S/C16H12Cl3NO/c17-11-3-4-12(13(18)8-11)16(19)10-1-5-14-9(7-10)2-6-15(21)20-14/h1,3-5,7-8,16H,2,6H2,(H,20,21). The number of fused-ring (bicyclic) bond motifs is 1. The Bertz CT molecular complexity index is 715. The molecule has 0 fully saturated rings. The molecule has 1 aliphatic rings. The summed E-state index contributed by atoms with van der Waals surface area (Å²) in [6, 6.07) is 11.1. The summed E-state index contributed by atoms with van der Waals surface area (Å²) in [6.07, 6.45) is 1.23. The van der Waals surface area contributed by atoms with Crippen LogP contribution in [0.15, 0.2) is 36.4 Å². The van der Waals surface area contributed by atoms with Gasteiger partial charge in [-0.25, -0.2) is 0 Å². The first-order chi connectivity index (χ1) is 10.0. The predicted molar refractivity (Wildman–Crippen MR) is 87.6 cm³/mol. The highest BCUT2D eigenvalue weighted by Crippen LogP contribution is 2.36. The minimum Gasteiger partial charge on any atom is -0.326 e. The topological polar surface area (TPSA) is 29.1 Å². The second-order valence-corrected chi connectivity index (χ2v) is 6.27. The van der Waals surface area contributed by atoms with Gasteiger partial charge >= 0.3 is 0 Å². The first-order valence-corrected chi connectivity index (χ1v) is 7.75. The third-order valence-electron chi connectivity index (χ3n) is 3.55. The lowest BCUT2D eigenvalue weighted by Gasteiger charge is -2.19. The molecular weight excluding hydrogens is 329 g/mol. The van der Waals surface area contributed by atoms with Crippen molar-refractivity contribution in [2.75, 3.05) is 5.32 Å². The Balaban J connectivity index is 1.95. The van der Waals surface area contributed by atoms with Crippen molar-refractivity contribution in [3.63, 3.8) is 0 Å². The van der Waals surface area contributed by atoms with Crippen molar-refractivity contribution < 1.29 is 4.79 Å². The number of amides is 1. The Kier molecular flexibility index (Phi) is 4.12. The van der Waals surface area contributed by atoms with Crippen molar-refractivity contribution in [2.45, 2.75) is 18.2 Å². The number of benzene rings is 2. The molecule has 2 nitrogen and oxygen atoms in total. The number of nitrogens with one attached hydrogen (secondary N) is 1. The molecule has 1 amide bonds. The van der Waals surface area contributed by atoms with Gasteiger partial charge in [-0.2, -0.15) is 0 Å². The van der Waals surface area contributed by atoms with Gasteiger partial charge in [0.05, 0.1) is 5.38 Å². The molecule has 0 saturated carbocycles. The van der Waals surface area contributed by atoms with Gasteiger partial charge in [0.1, 0.15) is 0 Å². The third-order valence-corrected chi connectivity index (χ3v) is 4.60. The van der Waals surface area contributed by atoms with Crippen LogP contribution in [0.2, 0.25) is 10.0 Å². The maximum absolute atomic E-state index is 11.4. The average molecular weight is 341 g/mol. The van der Waals surface area contributed by atoms with Gasteiger partial charge in [0.2, 0.25) is 5.91 Å². The second-order valence-electron chi connectivity index (χ2n) is 4.99. The Labute approximate surface area is 138 Å². The van der Waals surface area contributed by atoms with E-state index in [4.69, 9.17) is 34.8 Å². The summed E-state index contributed by atoms with van der Waals surface area (Å²) in [6.45, 7) is 0. The van der Waals surface area contributed by atoms with Gasteiger partial charge in [0.15, 0.2) is 0 Å². The number of carbonyl (C=O) groups is 1. The monoisotopic (exact) mass is 339 g/mol. The Morgan fingerprint density at radius 3 is 2.62 bits per heavy atom. The predicted octanol–water partition coefficient (Wildman–Crippen LogP) is 5.21. The molecule has 3 rings (SSSR count). The van der Waals surface area contributed by atoms with Gasteiger partial charge in [0, 0.05) is 22.2 Å². The molecule has 1 N–H and O–H groups in total. The Hall–Kier alpha value is -1.22. The SMILES string of the molecule is O=C1CCc2cc(C(Cl)c3ccc(Cl)cc3Cl)ccc2N1. The van der Waals surface area contributed by atoms with Crippen molar-refractivity contribution in [2.24, 2.45) is 0 Å². The van der Waals surface area contributed by atoms with Crippen LogP contribution in [-0.2, 0) is 11.2 Å². The highest BCUT2D eigenvalue weighted by molar-refractivity contribution is 6.36. The molecule has 0 bridgehead atoms.